The molecule has 1 N–H and O–H groups in total. The number of anilines is 1. The van der Waals surface area contributed by atoms with Gasteiger partial charge in [0.15, 0.2) is 0 Å². The van der Waals surface area contributed by atoms with E-state index in [0.29, 0.717) is 16.4 Å². The van der Waals surface area contributed by atoms with E-state index in [1.54, 1.807) is 30.3 Å². The van der Waals surface area contributed by atoms with Crippen LogP contribution in [0.4, 0.5) is 5.69 Å². The van der Waals surface area contributed by atoms with Crippen molar-refractivity contribution in [1.82, 2.24) is 9.78 Å². The lowest BCUT2D eigenvalue weighted by Gasteiger charge is -2.09. The first-order valence-corrected chi connectivity index (χ1v) is 8.58. The second-order valence-electron chi connectivity index (χ2n) is 5.28. The van der Waals surface area contributed by atoms with E-state index in [1.165, 1.54) is 6.07 Å². The van der Waals surface area contributed by atoms with E-state index in [4.69, 9.17) is 11.6 Å². The first kappa shape index (κ1) is 17.4. The molecule has 2 aromatic carbocycles. The highest BCUT2D eigenvalue weighted by molar-refractivity contribution is 9.10. The molecule has 0 saturated heterocycles. The van der Waals surface area contributed by atoms with Crippen LogP contribution in [0.15, 0.2) is 69.9 Å². The average Bonchev–Trinajstić information content (AvgIpc) is 2.57. The van der Waals surface area contributed by atoms with Crippen molar-refractivity contribution >= 4 is 39.1 Å². The molecule has 0 unspecified atom stereocenters. The van der Waals surface area contributed by atoms with E-state index in [2.05, 4.69) is 26.3 Å². The van der Waals surface area contributed by atoms with Crippen molar-refractivity contribution in [2.24, 2.45) is 0 Å². The molecule has 7 heteroatoms. The van der Waals surface area contributed by atoms with Gasteiger partial charge in [-0.05, 0) is 36.4 Å². The van der Waals surface area contributed by atoms with Gasteiger partial charge in [-0.15, -0.1) is 0 Å². The standard InChI is InChI=1S/C18H13BrClN3O2/c19-13-4-1-3-12(9-13)16-7-8-18(25)23(22-16)11-17(24)21-15-6-2-5-14(20)10-15/h1-10H,11H2,(H,21,24). The molecule has 1 heterocycles. The number of halogens is 2. The van der Waals surface area contributed by atoms with Gasteiger partial charge in [-0.3, -0.25) is 9.59 Å². The van der Waals surface area contributed by atoms with E-state index in [0.717, 1.165) is 14.7 Å². The highest BCUT2D eigenvalue weighted by Gasteiger charge is 2.09. The summed E-state index contributed by atoms with van der Waals surface area (Å²) in [6, 6.07) is 17.4. The molecule has 3 aromatic rings. The molecule has 25 heavy (non-hydrogen) atoms. The lowest BCUT2D eigenvalue weighted by atomic mass is 10.1. The summed E-state index contributed by atoms with van der Waals surface area (Å²) < 4.78 is 2.04. The molecule has 0 fully saturated rings. The van der Waals surface area contributed by atoms with Gasteiger partial charge in [0.2, 0.25) is 5.91 Å². The summed E-state index contributed by atoms with van der Waals surface area (Å²) >= 11 is 9.30. The topological polar surface area (TPSA) is 64.0 Å². The van der Waals surface area contributed by atoms with Gasteiger partial charge in [-0.25, -0.2) is 4.68 Å². The Balaban J connectivity index is 1.81. The molecule has 0 spiro atoms. The SMILES string of the molecule is O=C(Cn1nc(-c2cccc(Br)c2)ccc1=O)Nc1cccc(Cl)c1. The van der Waals surface area contributed by atoms with Gasteiger partial charge >= 0.3 is 0 Å². The predicted octanol–water partition coefficient (Wildman–Crippen LogP) is 3.96. The number of rotatable bonds is 4. The van der Waals surface area contributed by atoms with Gasteiger partial charge in [0.1, 0.15) is 6.54 Å². The molecular weight excluding hydrogens is 406 g/mol. The normalized spacial score (nSPS) is 10.5. The molecule has 126 valence electrons. The Morgan fingerprint density at radius 3 is 2.68 bits per heavy atom. The molecule has 0 aliphatic rings. The molecule has 0 bridgehead atoms. The summed E-state index contributed by atoms with van der Waals surface area (Å²) in [5.74, 6) is -0.358. The zero-order valence-corrected chi connectivity index (χ0v) is 15.3. The number of benzene rings is 2. The minimum atomic E-state index is -0.358. The third-order valence-electron chi connectivity index (χ3n) is 3.39. The van der Waals surface area contributed by atoms with E-state index < -0.39 is 0 Å². The van der Waals surface area contributed by atoms with Gasteiger partial charge in [0, 0.05) is 26.8 Å². The fraction of sp³-hybridized carbons (Fsp3) is 0.0556. The van der Waals surface area contributed by atoms with Crippen molar-refractivity contribution in [2.45, 2.75) is 6.54 Å². The maximum atomic E-state index is 12.2. The number of hydrogen-bond acceptors (Lipinski definition) is 3. The lowest BCUT2D eigenvalue weighted by molar-refractivity contribution is -0.117. The summed E-state index contributed by atoms with van der Waals surface area (Å²) in [4.78, 5) is 24.2. The van der Waals surface area contributed by atoms with E-state index in [-0.39, 0.29) is 18.0 Å². The smallest absolute Gasteiger partial charge is 0.267 e. The lowest BCUT2D eigenvalue weighted by Crippen LogP contribution is -2.29. The van der Waals surface area contributed by atoms with E-state index in [9.17, 15) is 9.59 Å². The largest absolute Gasteiger partial charge is 0.324 e. The maximum absolute atomic E-state index is 12.2. The number of aromatic nitrogens is 2. The Hall–Kier alpha value is -2.44. The van der Waals surface area contributed by atoms with Crippen molar-refractivity contribution in [3.63, 3.8) is 0 Å². The predicted molar refractivity (Wildman–Crippen MR) is 102 cm³/mol. The quantitative estimate of drug-likeness (QED) is 0.697. The fourth-order valence-corrected chi connectivity index (χ4v) is 2.86. The number of hydrogen-bond donors (Lipinski definition) is 1. The van der Waals surface area contributed by atoms with Crippen molar-refractivity contribution in [2.75, 3.05) is 5.32 Å². The van der Waals surface area contributed by atoms with Gasteiger partial charge in [0.05, 0.1) is 5.69 Å². The zero-order valence-electron chi connectivity index (χ0n) is 12.9. The second kappa shape index (κ2) is 7.63. The third kappa shape index (κ3) is 4.55. The molecule has 5 nitrogen and oxygen atoms in total. The Bertz CT molecular complexity index is 988. The number of nitrogens with one attached hydrogen (secondary N) is 1. The minimum absolute atomic E-state index is 0.187. The fourth-order valence-electron chi connectivity index (χ4n) is 2.27. The highest BCUT2D eigenvalue weighted by atomic mass is 79.9. The van der Waals surface area contributed by atoms with E-state index >= 15 is 0 Å². The molecule has 1 amide bonds. The number of carbonyl (C=O) groups excluding carboxylic acids is 1. The van der Waals surface area contributed by atoms with Crippen LogP contribution in [0.5, 0.6) is 0 Å². The van der Waals surface area contributed by atoms with Crippen molar-refractivity contribution < 1.29 is 4.79 Å². The molecule has 3 rings (SSSR count). The van der Waals surface area contributed by atoms with Crippen LogP contribution in [0.1, 0.15) is 0 Å². The summed E-state index contributed by atoms with van der Waals surface area (Å²) in [6.45, 7) is -0.187. The van der Waals surface area contributed by atoms with E-state index in [1.807, 2.05) is 24.3 Å². The van der Waals surface area contributed by atoms with Crippen molar-refractivity contribution in [3.05, 3.63) is 80.5 Å². The first-order valence-electron chi connectivity index (χ1n) is 7.41. The average molecular weight is 419 g/mol. The van der Waals surface area contributed by atoms with Crippen molar-refractivity contribution in [1.29, 1.82) is 0 Å². The highest BCUT2D eigenvalue weighted by Crippen LogP contribution is 2.20. The molecular formula is C18H13BrClN3O2. The van der Waals surface area contributed by atoms with Gasteiger partial charge < -0.3 is 5.32 Å². The summed E-state index contributed by atoms with van der Waals surface area (Å²) in [6.07, 6.45) is 0. The van der Waals surface area contributed by atoms with Gasteiger partial charge in [-0.2, -0.15) is 5.10 Å². The molecule has 0 radical (unpaired) electrons. The summed E-state index contributed by atoms with van der Waals surface area (Å²) in [7, 11) is 0. The van der Waals surface area contributed by atoms with Gasteiger partial charge in [-0.1, -0.05) is 45.7 Å². The van der Waals surface area contributed by atoms with Crippen molar-refractivity contribution in [3.8, 4) is 11.3 Å². The Morgan fingerprint density at radius 1 is 1.12 bits per heavy atom. The molecule has 0 saturated carbocycles. The van der Waals surface area contributed by atoms with Crippen LogP contribution >= 0.6 is 27.5 Å². The molecule has 0 atom stereocenters. The zero-order chi connectivity index (χ0) is 17.8. The summed E-state index contributed by atoms with van der Waals surface area (Å²) in [5, 5.41) is 7.49. The maximum Gasteiger partial charge on any atom is 0.267 e. The molecule has 1 aromatic heterocycles. The Labute approximate surface area is 157 Å². The van der Waals surface area contributed by atoms with Crippen LogP contribution < -0.4 is 10.9 Å². The molecule has 0 aliphatic carbocycles. The molecule has 0 aliphatic heterocycles. The Morgan fingerprint density at radius 2 is 1.92 bits per heavy atom. The van der Waals surface area contributed by atoms with Crippen LogP contribution in [0.3, 0.4) is 0 Å². The van der Waals surface area contributed by atoms with Crippen LogP contribution in [-0.2, 0) is 11.3 Å². The second-order valence-corrected chi connectivity index (χ2v) is 6.64. The number of amides is 1. The third-order valence-corrected chi connectivity index (χ3v) is 4.12. The van der Waals surface area contributed by atoms with Crippen LogP contribution in [0.25, 0.3) is 11.3 Å². The van der Waals surface area contributed by atoms with Gasteiger partial charge in [0.25, 0.3) is 5.56 Å². The van der Waals surface area contributed by atoms with Crippen LogP contribution in [0.2, 0.25) is 5.02 Å². The Kier molecular flexibility index (Phi) is 5.31. The van der Waals surface area contributed by atoms with Crippen LogP contribution in [-0.4, -0.2) is 15.7 Å². The monoisotopic (exact) mass is 417 g/mol. The summed E-state index contributed by atoms with van der Waals surface area (Å²) in [5.41, 5.74) is 1.67. The number of carbonyl (C=O) groups is 1. The minimum Gasteiger partial charge on any atom is -0.324 e. The first-order chi connectivity index (χ1) is 12.0. The number of nitrogens with zero attached hydrogens (tertiary/aromatic N) is 2. The van der Waals surface area contributed by atoms with Crippen LogP contribution in [0, 0.1) is 0 Å².